The smallest absolute Gasteiger partial charge is 0.364 e. The van der Waals surface area contributed by atoms with Crippen LogP contribution in [-0.2, 0) is 11.3 Å². The molecule has 8 nitrogen and oxygen atoms in total. The number of hydrogen-bond donors (Lipinski definition) is 0. The molecule has 0 saturated heterocycles. The molecule has 3 aromatic rings. The summed E-state index contributed by atoms with van der Waals surface area (Å²) in [6.45, 7) is 3.30. The summed E-state index contributed by atoms with van der Waals surface area (Å²) in [5, 5.41) is 8.36. The number of ether oxygens (including phenoxy) is 4. The van der Waals surface area contributed by atoms with Crippen LogP contribution in [0.5, 0.6) is 17.4 Å². The van der Waals surface area contributed by atoms with Gasteiger partial charge in [0.15, 0.2) is 0 Å². The number of nitrogens with zero attached hydrogens (tertiary/aromatic N) is 3. The molecular formula is C32H41N3O5. The van der Waals surface area contributed by atoms with Crippen LogP contribution in [0.1, 0.15) is 92.2 Å². The molecule has 0 bridgehead atoms. The maximum Gasteiger partial charge on any atom is 0.364 e. The minimum Gasteiger partial charge on any atom is -0.497 e. The van der Waals surface area contributed by atoms with E-state index in [1.165, 1.54) is 37.7 Å². The van der Waals surface area contributed by atoms with Crippen LogP contribution >= 0.6 is 0 Å². The normalized spacial score (nSPS) is 19.6. The molecule has 2 aliphatic rings. The Morgan fingerprint density at radius 2 is 1.60 bits per heavy atom. The highest BCUT2D eigenvalue weighted by Gasteiger charge is 2.29. The largest absolute Gasteiger partial charge is 0.497 e. The van der Waals surface area contributed by atoms with Crippen LogP contribution < -0.4 is 14.2 Å². The molecular weight excluding hydrogens is 506 g/mol. The number of benzene rings is 2. The second-order valence-corrected chi connectivity index (χ2v) is 10.9. The molecule has 0 radical (unpaired) electrons. The van der Waals surface area contributed by atoms with E-state index in [4.69, 9.17) is 18.9 Å². The molecule has 0 N–H and O–H groups in total. The lowest BCUT2D eigenvalue weighted by molar-refractivity contribution is 0.0507. The van der Waals surface area contributed by atoms with Crippen LogP contribution in [0.2, 0.25) is 0 Å². The van der Waals surface area contributed by atoms with Gasteiger partial charge < -0.3 is 18.9 Å². The summed E-state index contributed by atoms with van der Waals surface area (Å²) in [5.41, 5.74) is 2.48. The topological polar surface area (TPSA) is 84.7 Å². The molecule has 2 aromatic carbocycles. The Balaban J connectivity index is 1.18. The van der Waals surface area contributed by atoms with E-state index in [1.54, 1.807) is 18.7 Å². The Morgan fingerprint density at radius 3 is 2.27 bits per heavy atom. The average Bonchev–Trinajstić information content (AvgIpc) is 3.39. The van der Waals surface area contributed by atoms with E-state index in [-0.39, 0.29) is 18.4 Å². The first-order chi connectivity index (χ1) is 19.6. The molecule has 1 aromatic heterocycles. The van der Waals surface area contributed by atoms with E-state index in [1.807, 2.05) is 24.3 Å². The van der Waals surface area contributed by atoms with E-state index in [9.17, 15) is 4.79 Å². The van der Waals surface area contributed by atoms with Gasteiger partial charge in [-0.3, -0.25) is 0 Å². The number of rotatable bonds is 11. The molecule has 2 saturated carbocycles. The standard InChI is InChI=1S/C32H41N3O5/c1-3-38-32(36)30-31(35(34-33-30)21-23-9-15-27(37-2)16-10-23)40-29-19-13-26(14-20-29)25-11-17-28(18-12-25)39-22-24-7-5-4-6-8-24/h9-12,15-18,24,26,29H,3-8,13-14,19-22H2,1-2H3/t26-,29-. The Hall–Kier alpha value is -3.55. The van der Waals surface area contributed by atoms with Crippen LogP contribution in [0.4, 0.5) is 0 Å². The van der Waals surface area contributed by atoms with E-state index in [0.717, 1.165) is 49.4 Å². The molecule has 5 rings (SSSR count). The maximum absolute atomic E-state index is 12.6. The van der Waals surface area contributed by atoms with Gasteiger partial charge in [0.2, 0.25) is 11.6 Å². The molecule has 8 heteroatoms. The fourth-order valence-corrected chi connectivity index (χ4v) is 5.83. The zero-order valence-corrected chi connectivity index (χ0v) is 23.7. The minimum absolute atomic E-state index is 0.0179. The lowest BCUT2D eigenvalue weighted by atomic mass is 9.83. The van der Waals surface area contributed by atoms with Crippen LogP contribution in [0, 0.1) is 5.92 Å². The first kappa shape index (κ1) is 28.0. The van der Waals surface area contributed by atoms with Crippen molar-refractivity contribution < 1.29 is 23.7 Å². The first-order valence-corrected chi connectivity index (χ1v) is 14.8. The summed E-state index contributed by atoms with van der Waals surface area (Å²) >= 11 is 0. The maximum atomic E-state index is 12.6. The van der Waals surface area contributed by atoms with Crippen LogP contribution in [0.25, 0.3) is 0 Å². The fourth-order valence-electron chi connectivity index (χ4n) is 5.83. The minimum atomic E-state index is -0.516. The summed E-state index contributed by atoms with van der Waals surface area (Å²) in [5.74, 6) is 2.80. The van der Waals surface area contributed by atoms with Gasteiger partial charge in [-0.2, -0.15) is 0 Å². The number of aromatic nitrogens is 3. The SMILES string of the molecule is CCOC(=O)c1nnn(Cc2ccc(OC)cc2)c1O[C@H]1CC[C@H](c2ccc(OCC3CCCCC3)cc2)CC1. The lowest BCUT2D eigenvalue weighted by Crippen LogP contribution is -2.25. The van der Waals surface area contributed by atoms with E-state index in [2.05, 4.69) is 34.6 Å². The Kier molecular flexibility index (Phi) is 9.58. The molecule has 40 heavy (non-hydrogen) atoms. The highest BCUT2D eigenvalue weighted by Crippen LogP contribution is 2.36. The Morgan fingerprint density at radius 1 is 0.900 bits per heavy atom. The highest BCUT2D eigenvalue weighted by molar-refractivity contribution is 5.89. The van der Waals surface area contributed by atoms with Crippen molar-refractivity contribution >= 4 is 5.97 Å². The lowest BCUT2D eigenvalue weighted by Gasteiger charge is -2.29. The van der Waals surface area contributed by atoms with Crippen LogP contribution in [0.15, 0.2) is 48.5 Å². The molecule has 0 amide bonds. The number of hydrogen-bond acceptors (Lipinski definition) is 7. The second-order valence-electron chi connectivity index (χ2n) is 10.9. The van der Waals surface area contributed by atoms with Crippen molar-refractivity contribution in [2.45, 2.75) is 83.3 Å². The van der Waals surface area contributed by atoms with Gasteiger partial charge in [-0.15, -0.1) is 5.10 Å². The monoisotopic (exact) mass is 547 g/mol. The predicted molar refractivity (Wildman–Crippen MR) is 152 cm³/mol. The zero-order valence-electron chi connectivity index (χ0n) is 23.7. The van der Waals surface area contributed by atoms with E-state index >= 15 is 0 Å². The third kappa shape index (κ3) is 7.14. The molecule has 0 atom stereocenters. The van der Waals surface area contributed by atoms with E-state index in [0.29, 0.717) is 24.3 Å². The third-order valence-corrected chi connectivity index (χ3v) is 8.16. The summed E-state index contributed by atoms with van der Waals surface area (Å²) in [7, 11) is 1.64. The van der Waals surface area contributed by atoms with Crippen molar-refractivity contribution in [2.24, 2.45) is 5.92 Å². The summed E-state index contributed by atoms with van der Waals surface area (Å²) in [6.07, 6.45) is 10.4. The average molecular weight is 548 g/mol. The Labute approximate surface area is 237 Å². The molecule has 0 unspecified atom stereocenters. The van der Waals surface area contributed by atoms with Gasteiger partial charge in [-0.25, -0.2) is 9.48 Å². The van der Waals surface area contributed by atoms with E-state index < -0.39 is 5.97 Å². The molecule has 2 aliphatic carbocycles. The number of methoxy groups -OCH3 is 1. The Bertz CT molecular complexity index is 1210. The van der Waals surface area contributed by atoms with Crippen LogP contribution in [-0.4, -0.2) is 47.4 Å². The fraction of sp³-hybridized carbons (Fsp3) is 0.531. The van der Waals surface area contributed by atoms with Crippen molar-refractivity contribution in [1.29, 1.82) is 0 Å². The van der Waals surface area contributed by atoms with Crippen molar-refractivity contribution in [3.63, 3.8) is 0 Å². The van der Waals surface area contributed by atoms with Crippen molar-refractivity contribution in [2.75, 3.05) is 20.3 Å². The van der Waals surface area contributed by atoms with Gasteiger partial charge in [-0.05, 0) is 92.7 Å². The molecule has 0 aliphatic heterocycles. The number of esters is 1. The molecule has 2 fully saturated rings. The summed E-state index contributed by atoms with van der Waals surface area (Å²) in [6, 6.07) is 16.4. The first-order valence-electron chi connectivity index (χ1n) is 14.8. The van der Waals surface area contributed by atoms with Gasteiger partial charge in [-0.1, -0.05) is 48.7 Å². The third-order valence-electron chi connectivity index (χ3n) is 8.16. The van der Waals surface area contributed by atoms with Crippen LogP contribution in [0.3, 0.4) is 0 Å². The zero-order chi connectivity index (χ0) is 27.7. The summed E-state index contributed by atoms with van der Waals surface area (Å²) in [4.78, 5) is 12.6. The number of carbonyl (C=O) groups excluding carboxylic acids is 1. The van der Waals surface area contributed by atoms with Crippen molar-refractivity contribution in [1.82, 2.24) is 15.0 Å². The second kappa shape index (κ2) is 13.7. The quantitative estimate of drug-likeness (QED) is 0.251. The van der Waals surface area contributed by atoms with Gasteiger partial charge in [0.1, 0.15) is 17.6 Å². The van der Waals surface area contributed by atoms with Gasteiger partial charge in [0.05, 0.1) is 26.9 Å². The summed E-state index contributed by atoms with van der Waals surface area (Å²) < 4.78 is 24.7. The van der Waals surface area contributed by atoms with Gasteiger partial charge in [0, 0.05) is 0 Å². The van der Waals surface area contributed by atoms with Crippen molar-refractivity contribution in [3.05, 3.63) is 65.4 Å². The molecule has 214 valence electrons. The highest BCUT2D eigenvalue weighted by atomic mass is 16.5. The molecule has 1 heterocycles. The van der Waals surface area contributed by atoms with Crippen molar-refractivity contribution in [3.8, 4) is 17.4 Å². The van der Waals surface area contributed by atoms with Gasteiger partial charge in [0.25, 0.3) is 0 Å². The van der Waals surface area contributed by atoms with Gasteiger partial charge >= 0.3 is 5.97 Å². The predicted octanol–water partition coefficient (Wildman–Crippen LogP) is 6.58. The number of carbonyl (C=O) groups is 1. The molecule has 0 spiro atoms.